The minimum absolute atomic E-state index is 0.0407. The first kappa shape index (κ1) is 29.0. The van der Waals surface area contributed by atoms with Gasteiger partial charge in [0, 0.05) is 29.7 Å². The van der Waals surface area contributed by atoms with E-state index in [1.54, 1.807) is 23.0 Å². The first-order valence-electron chi connectivity index (χ1n) is 12.3. The highest BCUT2D eigenvalue weighted by Gasteiger charge is 2.23. The van der Waals surface area contributed by atoms with Gasteiger partial charge in [0.05, 0.1) is 23.2 Å². The molecule has 2 atom stereocenters. The minimum Gasteiger partial charge on any atom is -0.467 e. The number of ether oxygens (including phenoxy) is 1. The maximum Gasteiger partial charge on any atom is 0.213 e. The summed E-state index contributed by atoms with van der Waals surface area (Å²) in [6, 6.07) is 7.21. The van der Waals surface area contributed by atoms with Gasteiger partial charge in [-0.05, 0) is 62.1 Å². The van der Waals surface area contributed by atoms with Gasteiger partial charge < -0.3 is 25.8 Å². The van der Waals surface area contributed by atoms with E-state index in [4.69, 9.17) is 22.1 Å². The molecule has 202 valence electrons. The summed E-state index contributed by atoms with van der Waals surface area (Å²) in [5, 5.41) is 11.5. The molecule has 10 heteroatoms. The van der Waals surface area contributed by atoms with Crippen LogP contribution in [0.25, 0.3) is 5.70 Å². The number of dihydropyridines is 1. The second-order valence-corrected chi connectivity index (χ2v) is 9.74. The number of halogens is 1. The molecule has 0 radical (unpaired) electrons. The molecule has 2 aromatic rings. The van der Waals surface area contributed by atoms with Crippen molar-refractivity contribution >= 4 is 40.8 Å². The molecule has 2 heterocycles. The number of nitrogens with two attached hydrogens (primary N) is 1. The summed E-state index contributed by atoms with van der Waals surface area (Å²) in [4.78, 5) is 13.6. The van der Waals surface area contributed by atoms with Gasteiger partial charge in [-0.2, -0.15) is 5.10 Å². The number of carbonyl (C=O) groups excluding carboxylic acids is 1. The van der Waals surface area contributed by atoms with Crippen LogP contribution < -0.4 is 25.8 Å². The van der Waals surface area contributed by atoms with Crippen molar-refractivity contribution in [1.29, 1.82) is 0 Å². The number of Topliss-reactive ketones (excluding diaryl/α,β-unsaturated/α-hetero) is 1. The molecule has 1 aromatic carbocycles. The van der Waals surface area contributed by atoms with Crippen LogP contribution in [-0.2, 0) is 0 Å². The second-order valence-electron chi connectivity index (χ2n) is 8.69. The fraction of sp³-hybridized carbons (Fsp3) is 0.286. The van der Waals surface area contributed by atoms with Crippen LogP contribution in [0.5, 0.6) is 5.75 Å². The Labute approximate surface area is 233 Å². The maximum absolute atomic E-state index is 13.6. The summed E-state index contributed by atoms with van der Waals surface area (Å²) >= 11 is 7.57. The number of nitrogens with one attached hydrogen (secondary N) is 3. The van der Waals surface area contributed by atoms with Gasteiger partial charge in [-0.25, -0.2) is 4.68 Å². The number of allylic oxidation sites excluding steroid dienone is 6. The van der Waals surface area contributed by atoms with Crippen molar-refractivity contribution in [2.75, 3.05) is 18.5 Å². The zero-order valence-corrected chi connectivity index (χ0v) is 23.7. The van der Waals surface area contributed by atoms with E-state index in [2.05, 4.69) is 27.0 Å². The van der Waals surface area contributed by atoms with Crippen molar-refractivity contribution in [3.63, 3.8) is 0 Å². The van der Waals surface area contributed by atoms with E-state index in [0.717, 1.165) is 17.7 Å². The summed E-state index contributed by atoms with van der Waals surface area (Å²) in [6.45, 7) is 10.3. The second kappa shape index (κ2) is 13.8. The number of benzene rings is 1. The summed E-state index contributed by atoms with van der Waals surface area (Å²) in [6.07, 6.45) is 13.3. The van der Waals surface area contributed by atoms with Crippen LogP contribution in [0, 0.1) is 5.92 Å². The van der Waals surface area contributed by atoms with E-state index in [-0.39, 0.29) is 17.5 Å². The van der Waals surface area contributed by atoms with Crippen LogP contribution in [0.1, 0.15) is 37.6 Å². The Morgan fingerprint density at radius 2 is 2.24 bits per heavy atom. The molecule has 0 saturated carbocycles. The maximum atomic E-state index is 13.6. The van der Waals surface area contributed by atoms with Crippen molar-refractivity contribution in [3.05, 3.63) is 95.1 Å². The molecular formula is C28H35ClN6O2S. The Bertz CT molecular complexity index is 1280. The SMILES string of the molecule is C=CC(/C=C(\NC/C=C(\C)NSC)C(=O)c1cnn(C2=CNC(Oc3cccc(Cl)c3)C=C2C)c1N)CC. The first-order chi connectivity index (χ1) is 18.3. The van der Waals surface area contributed by atoms with Gasteiger partial charge in [-0.15, -0.1) is 6.58 Å². The standard InChI is InChI=1S/C28H35ClN6O2S/c1-6-20(7-2)14-24(31-12-11-19(4)34-38-5)27(36)23-16-33-35(28(23)30)25-17-32-26(13-18(25)3)37-22-10-8-9-21(29)15-22/h6,8-11,13-17,20,26,31-32,34H,1,7,12,30H2,2-5H3/b19-11+,24-14-. The van der Waals surface area contributed by atoms with E-state index < -0.39 is 6.23 Å². The van der Waals surface area contributed by atoms with Gasteiger partial charge in [0.15, 0.2) is 6.23 Å². The summed E-state index contributed by atoms with van der Waals surface area (Å²) in [5.74, 6) is 0.707. The molecular weight excluding hydrogens is 520 g/mol. The average molecular weight is 555 g/mol. The zero-order chi connectivity index (χ0) is 27.7. The lowest BCUT2D eigenvalue weighted by Crippen LogP contribution is -2.32. The predicted molar refractivity (Wildman–Crippen MR) is 158 cm³/mol. The molecule has 0 spiro atoms. The Kier molecular flexibility index (Phi) is 10.6. The van der Waals surface area contributed by atoms with Crippen molar-refractivity contribution in [2.24, 2.45) is 5.92 Å². The van der Waals surface area contributed by atoms with E-state index in [9.17, 15) is 4.79 Å². The Balaban J connectivity index is 1.80. The third kappa shape index (κ3) is 7.49. The molecule has 8 nitrogen and oxygen atoms in total. The van der Waals surface area contributed by atoms with Crippen LogP contribution in [0.3, 0.4) is 0 Å². The van der Waals surface area contributed by atoms with Crippen LogP contribution in [0.15, 0.2) is 84.5 Å². The van der Waals surface area contributed by atoms with Gasteiger partial charge in [0.25, 0.3) is 0 Å². The number of nitrogens with zero attached hydrogens (tertiary/aromatic N) is 2. The number of nitrogen functional groups attached to an aromatic ring is 1. The van der Waals surface area contributed by atoms with Gasteiger partial charge in [0.2, 0.25) is 5.78 Å². The quantitative estimate of drug-likeness (QED) is 0.111. The van der Waals surface area contributed by atoms with Gasteiger partial charge >= 0.3 is 0 Å². The van der Waals surface area contributed by atoms with Gasteiger partial charge in [-0.3, -0.25) is 4.79 Å². The predicted octanol–water partition coefficient (Wildman–Crippen LogP) is 5.51. The Morgan fingerprint density at radius 3 is 2.89 bits per heavy atom. The Morgan fingerprint density at radius 1 is 1.45 bits per heavy atom. The Hall–Kier alpha value is -3.56. The number of rotatable bonds is 13. The number of carbonyl (C=O) groups is 1. The lowest BCUT2D eigenvalue weighted by atomic mass is 10.0. The molecule has 0 bridgehead atoms. The highest BCUT2D eigenvalue weighted by Crippen LogP contribution is 2.27. The third-order valence-electron chi connectivity index (χ3n) is 5.89. The largest absolute Gasteiger partial charge is 0.467 e. The smallest absolute Gasteiger partial charge is 0.213 e. The van der Waals surface area contributed by atoms with Crippen LogP contribution >= 0.6 is 23.5 Å². The number of hydrogen-bond acceptors (Lipinski definition) is 8. The van der Waals surface area contributed by atoms with Crippen molar-refractivity contribution in [1.82, 2.24) is 25.1 Å². The molecule has 0 amide bonds. The molecule has 5 N–H and O–H groups in total. The summed E-state index contributed by atoms with van der Waals surface area (Å²) < 4.78 is 10.7. The van der Waals surface area contributed by atoms with Gasteiger partial charge in [0.1, 0.15) is 11.6 Å². The first-order valence-corrected chi connectivity index (χ1v) is 13.9. The molecule has 1 aliphatic heterocycles. The topological polar surface area (TPSA) is 106 Å². The zero-order valence-electron chi connectivity index (χ0n) is 22.1. The number of hydrogen-bond donors (Lipinski definition) is 4. The van der Waals surface area contributed by atoms with Crippen LogP contribution in [0.2, 0.25) is 5.02 Å². The summed E-state index contributed by atoms with van der Waals surface area (Å²) in [5.41, 5.74) is 9.83. The lowest BCUT2D eigenvalue weighted by molar-refractivity contribution is 0.102. The molecule has 0 fully saturated rings. The van der Waals surface area contributed by atoms with E-state index in [1.807, 2.05) is 63.5 Å². The fourth-order valence-corrected chi connectivity index (χ4v) is 4.37. The molecule has 38 heavy (non-hydrogen) atoms. The van der Waals surface area contributed by atoms with E-state index >= 15 is 0 Å². The average Bonchev–Trinajstić information content (AvgIpc) is 3.27. The van der Waals surface area contributed by atoms with Gasteiger partial charge in [-0.1, -0.05) is 48.7 Å². The molecule has 2 unspecified atom stereocenters. The van der Waals surface area contributed by atoms with Crippen molar-refractivity contribution < 1.29 is 9.53 Å². The number of ketones is 1. The highest BCUT2D eigenvalue weighted by atomic mass is 35.5. The van der Waals surface area contributed by atoms with Crippen LogP contribution in [-0.4, -0.2) is 34.6 Å². The number of anilines is 1. The molecule has 0 saturated heterocycles. The summed E-state index contributed by atoms with van der Waals surface area (Å²) in [7, 11) is 0. The van der Waals surface area contributed by atoms with Crippen LogP contribution in [0.4, 0.5) is 5.82 Å². The van der Waals surface area contributed by atoms with E-state index in [1.165, 1.54) is 18.1 Å². The minimum atomic E-state index is -0.393. The van der Waals surface area contributed by atoms with Crippen molar-refractivity contribution in [3.8, 4) is 5.75 Å². The van der Waals surface area contributed by atoms with Crippen molar-refractivity contribution in [2.45, 2.75) is 33.4 Å². The third-order valence-corrected chi connectivity index (χ3v) is 6.65. The molecule has 0 aliphatic carbocycles. The molecule has 1 aliphatic rings. The molecule has 1 aromatic heterocycles. The lowest BCUT2D eigenvalue weighted by Gasteiger charge is -2.23. The fourth-order valence-electron chi connectivity index (χ4n) is 3.79. The highest BCUT2D eigenvalue weighted by molar-refractivity contribution is 7.96. The molecule has 3 rings (SSSR count). The monoisotopic (exact) mass is 554 g/mol. The van der Waals surface area contributed by atoms with E-state index in [0.29, 0.717) is 34.3 Å². The normalized spacial score (nSPS) is 16.6. The number of aromatic nitrogens is 2.